The highest BCUT2D eigenvalue weighted by Gasteiger charge is 2.21. The highest BCUT2D eigenvalue weighted by Crippen LogP contribution is 2.31. The Hall–Kier alpha value is -1.28. The van der Waals surface area contributed by atoms with Gasteiger partial charge in [0.15, 0.2) is 0 Å². The quantitative estimate of drug-likeness (QED) is 0.871. The molecule has 2 aromatic rings. The van der Waals surface area contributed by atoms with E-state index in [9.17, 15) is 0 Å². The molecule has 0 aliphatic carbocycles. The molecule has 0 amide bonds. The molecule has 1 aromatic carbocycles. The van der Waals surface area contributed by atoms with E-state index in [1.54, 1.807) is 5.56 Å². The van der Waals surface area contributed by atoms with Gasteiger partial charge < -0.3 is 9.88 Å². The lowest BCUT2D eigenvalue weighted by Crippen LogP contribution is -2.23. The van der Waals surface area contributed by atoms with Crippen LogP contribution >= 0.6 is 0 Å². The maximum absolute atomic E-state index is 3.63. The molecular weight excluding hydrogens is 232 g/mol. The Bertz CT molecular complexity index is 616. The van der Waals surface area contributed by atoms with E-state index in [0.29, 0.717) is 6.04 Å². The van der Waals surface area contributed by atoms with Crippen molar-refractivity contribution in [3.63, 3.8) is 0 Å². The monoisotopic (exact) mass is 256 g/mol. The van der Waals surface area contributed by atoms with E-state index in [1.165, 1.54) is 53.5 Å². The Morgan fingerprint density at radius 2 is 1.95 bits per heavy atom. The van der Waals surface area contributed by atoms with Gasteiger partial charge in [-0.3, -0.25) is 0 Å². The van der Waals surface area contributed by atoms with Crippen molar-refractivity contribution < 1.29 is 0 Å². The lowest BCUT2D eigenvalue weighted by molar-refractivity contribution is 0.602. The standard InChI is InChI=1S/C17H24N2/c1-11-7-8-12(2)17-16(11)15(13(3)19(17)4)10-14-6-5-9-18-14/h7-8,14,18H,5-6,9-10H2,1-4H3. The molecule has 2 heterocycles. The SMILES string of the molecule is Cc1ccc(C)c2c1c(CC1CCCN1)c(C)n2C. The number of hydrogen-bond acceptors (Lipinski definition) is 1. The summed E-state index contributed by atoms with van der Waals surface area (Å²) in [7, 11) is 2.20. The van der Waals surface area contributed by atoms with Crippen molar-refractivity contribution in [3.8, 4) is 0 Å². The average molecular weight is 256 g/mol. The van der Waals surface area contributed by atoms with E-state index >= 15 is 0 Å². The van der Waals surface area contributed by atoms with Crippen LogP contribution in [0.2, 0.25) is 0 Å². The molecule has 0 spiro atoms. The Balaban J connectivity index is 2.17. The van der Waals surface area contributed by atoms with Crippen molar-refractivity contribution in [2.24, 2.45) is 7.05 Å². The van der Waals surface area contributed by atoms with Crippen LogP contribution in [0.3, 0.4) is 0 Å². The molecule has 1 aromatic heterocycles. The van der Waals surface area contributed by atoms with E-state index in [4.69, 9.17) is 0 Å². The number of hydrogen-bond donors (Lipinski definition) is 1. The van der Waals surface area contributed by atoms with Gasteiger partial charge in [-0.2, -0.15) is 0 Å². The van der Waals surface area contributed by atoms with Crippen molar-refractivity contribution in [1.29, 1.82) is 0 Å². The van der Waals surface area contributed by atoms with Gasteiger partial charge in [-0.15, -0.1) is 0 Å². The maximum Gasteiger partial charge on any atom is 0.0515 e. The summed E-state index contributed by atoms with van der Waals surface area (Å²) in [5, 5.41) is 5.13. The number of benzene rings is 1. The fourth-order valence-electron chi connectivity index (χ4n) is 3.59. The Morgan fingerprint density at radius 1 is 1.21 bits per heavy atom. The summed E-state index contributed by atoms with van der Waals surface area (Å²) in [6, 6.07) is 5.18. The fourth-order valence-corrected chi connectivity index (χ4v) is 3.59. The van der Waals surface area contributed by atoms with Crippen molar-refractivity contribution >= 4 is 10.9 Å². The molecule has 1 atom stereocenters. The zero-order valence-electron chi connectivity index (χ0n) is 12.5. The van der Waals surface area contributed by atoms with Crippen LogP contribution in [0.4, 0.5) is 0 Å². The number of rotatable bonds is 2. The van der Waals surface area contributed by atoms with Crippen LogP contribution in [0.15, 0.2) is 12.1 Å². The molecule has 1 saturated heterocycles. The van der Waals surface area contributed by atoms with Crippen molar-refractivity contribution in [1.82, 2.24) is 9.88 Å². The number of nitrogens with one attached hydrogen (secondary N) is 1. The van der Waals surface area contributed by atoms with Gasteiger partial charge in [0.1, 0.15) is 0 Å². The van der Waals surface area contributed by atoms with Gasteiger partial charge in [-0.05, 0) is 63.3 Å². The van der Waals surface area contributed by atoms with Crippen LogP contribution in [-0.2, 0) is 13.5 Å². The van der Waals surface area contributed by atoms with Gasteiger partial charge in [-0.1, -0.05) is 12.1 Å². The van der Waals surface area contributed by atoms with Crippen LogP contribution in [0.1, 0.15) is 35.2 Å². The fraction of sp³-hybridized carbons (Fsp3) is 0.529. The molecule has 1 fully saturated rings. The van der Waals surface area contributed by atoms with Gasteiger partial charge in [0, 0.05) is 24.2 Å². The van der Waals surface area contributed by atoms with Crippen LogP contribution in [0.25, 0.3) is 10.9 Å². The molecule has 1 N–H and O–H groups in total. The van der Waals surface area contributed by atoms with E-state index in [0.717, 1.165) is 0 Å². The summed E-state index contributed by atoms with van der Waals surface area (Å²) in [6.07, 6.45) is 3.82. The molecule has 1 aliphatic heterocycles. The molecule has 2 nitrogen and oxygen atoms in total. The number of aryl methyl sites for hydroxylation is 3. The molecule has 102 valence electrons. The molecule has 1 unspecified atom stereocenters. The molecule has 1 aliphatic rings. The van der Waals surface area contributed by atoms with E-state index in [1.807, 2.05) is 0 Å². The number of nitrogens with zero attached hydrogens (tertiary/aromatic N) is 1. The van der Waals surface area contributed by atoms with Gasteiger partial charge >= 0.3 is 0 Å². The van der Waals surface area contributed by atoms with Gasteiger partial charge in [-0.25, -0.2) is 0 Å². The summed E-state index contributed by atoms with van der Waals surface area (Å²) in [6.45, 7) is 7.92. The van der Waals surface area contributed by atoms with Crippen LogP contribution in [-0.4, -0.2) is 17.2 Å². The third-order valence-electron chi connectivity index (χ3n) is 4.78. The summed E-state index contributed by atoms with van der Waals surface area (Å²) < 4.78 is 2.38. The normalized spacial score (nSPS) is 19.5. The summed E-state index contributed by atoms with van der Waals surface area (Å²) in [5.74, 6) is 0. The second kappa shape index (κ2) is 4.68. The van der Waals surface area contributed by atoms with E-state index in [2.05, 4.69) is 49.8 Å². The van der Waals surface area contributed by atoms with Gasteiger partial charge in [0.25, 0.3) is 0 Å². The molecule has 19 heavy (non-hydrogen) atoms. The molecule has 0 bridgehead atoms. The second-order valence-corrected chi connectivity index (χ2v) is 6.04. The van der Waals surface area contributed by atoms with Crippen LogP contribution < -0.4 is 5.32 Å². The Morgan fingerprint density at radius 3 is 2.63 bits per heavy atom. The first-order chi connectivity index (χ1) is 9.09. The van der Waals surface area contributed by atoms with Gasteiger partial charge in [0.2, 0.25) is 0 Å². The lowest BCUT2D eigenvalue weighted by atomic mass is 9.97. The topological polar surface area (TPSA) is 17.0 Å². The first kappa shape index (κ1) is 12.7. The lowest BCUT2D eigenvalue weighted by Gasteiger charge is -2.11. The number of aromatic nitrogens is 1. The van der Waals surface area contributed by atoms with Gasteiger partial charge in [0.05, 0.1) is 5.52 Å². The largest absolute Gasteiger partial charge is 0.347 e. The minimum atomic E-state index is 0.671. The highest BCUT2D eigenvalue weighted by molar-refractivity contribution is 5.91. The average Bonchev–Trinajstić information content (AvgIpc) is 2.97. The first-order valence-electron chi connectivity index (χ1n) is 7.37. The summed E-state index contributed by atoms with van der Waals surface area (Å²) >= 11 is 0. The minimum absolute atomic E-state index is 0.671. The van der Waals surface area contributed by atoms with E-state index in [-0.39, 0.29) is 0 Å². The first-order valence-corrected chi connectivity index (χ1v) is 7.37. The minimum Gasteiger partial charge on any atom is -0.347 e. The summed E-state index contributed by atoms with van der Waals surface area (Å²) in [4.78, 5) is 0. The molecule has 3 rings (SSSR count). The van der Waals surface area contributed by atoms with Crippen LogP contribution in [0, 0.1) is 20.8 Å². The van der Waals surface area contributed by atoms with Crippen LogP contribution in [0.5, 0.6) is 0 Å². The van der Waals surface area contributed by atoms with Crippen molar-refractivity contribution in [3.05, 3.63) is 34.5 Å². The number of fused-ring (bicyclic) bond motifs is 1. The molecule has 0 radical (unpaired) electrons. The second-order valence-electron chi connectivity index (χ2n) is 6.04. The van der Waals surface area contributed by atoms with Crippen molar-refractivity contribution in [2.75, 3.05) is 6.54 Å². The third-order valence-corrected chi connectivity index (χ3v) is 4.78. The van der Waals surface area contributed by atoms with E-state index < -0.39 is 0 Å². The predicted octanol–water partition coefficient (Wildman–Crippen LogP) is 3.40. The molecular formula is C17H24N2. The van der Waals surface area contributed by atoms with Crippen molar-refractivity contribution in [2.45, 2.75) is 46.1 Å². The Kier molecular flexibility index (Phi) is 3.14. The zero-order chi connectivity index (χ0) is 13.6. The smallest absolute Gasteiger partial charge is 0.0515 e. The third kappa shape index (κ3) is 1.99. The molecule has 2 heteroatoms. The maximum atomic E-state index is 3.63. The summed E-state index contributed by atoms with van der Waals surface area (Å²) in [5.41, 5.74) is 7.21. The highest BCUT2D eigenvalue weighted by atomic mass is 15.0. The Labute approximate surface area is 115 Å². The zero-order valence-corrected chi connectivity index (χ0v) is 12.5. The predicted molar refractivity (Wildman–Crippen MR) is 81.9 cm³/mol. The molecule has 0 saturated carbocycles.